The van der Waals surface area contributed by atoms with Gasteiger partial charge in [-0.3, -0.25) is 4.79 Å². The topological polar surface area (TPSA) is 55.1 Å². The van der Waals surface area contributed by atoms with Crippen LogP contribution in [0.15, 0.2) is 0 Å². The van der Waals surface area contributed by atoms with E-state index < -0.39 is 0 Å². The molecule has 0 aromatic heterocycles. The standard InChI is InChI=1S/C16H28N2O.ClH/c1-14-6-12-7-15(2,9-14)11-16(8-12,10-14)13(19)18-5-3-4-17;/h12H,3-11,17H2,1-2H3,(H,18,19);1H. The van der Waals surface area contributed by atoms with E-state index in [4.69, 9.17) is 5.73 Å². The Morgan fingerprint density at radius 3 is 2.25 bits per heavy atom. The van der Waals surface area contributed by atoms with Crippen molar-refractivity contribution in [2.45, 2.75) is 58.8 Å². The van der Waals surface area contributed by atoms with Crippen molar-refractivity contribution < 1.29 is 4.79 Å². The summed E-state index contributed by atoms with van der Waals surface area (Å²) < 4.78 is 0. The molecular formula is C16H29ClN2O. The molecule has 4 saturated carbocycles. The minimum atomic E-state index is -0.0580. The Morgan fingerprint density at radius 2 is 1.75 bits per heavy atom. The van der Waals surface area contributed by atoms with Crippen molar-refractivity contribution in [2.75, 3.05) is 13.1 Å². The molecule has 1 amide bonds. The highest BCUT2D eigenvalue weighted by atomic mass is 35.5. The summed E-state index contributed by atoms with van der Waals surface area (Å²) in [5, 5.41) is 3.16. The molecule has 0 heterocycles. The van der Waals surface area contributed by atoms with Gasteiger partial charge in [-0.1, -0.05) is 13.8 Å². The highest BCUT2D eigenvalue weighted by molar-refractivity contribution is 5.85. The second-order valence-electron chi connectivity index (χ2n) is 8.31. The predicted molar refractivity (Wildman–Crippen MR) is 83.8 cm³/mol. The predicted octanol–water partition coefficient (Wildman–Crippen LogP) is 2.87. The Balaban J connectivity index is 0.00000147. The number of hydrogen-bond acceptors (Lipinski definition) is 2. The average molecular weight is 301 g/mol. The van der Waals surface area contributed by atoms with Gasteiger partial charge in [0.2, 0.25) is 5.91 Å². The van der Waals surface area contributed by atoms with Crippen molar-refractivity contribution in [3.63, 3.8) is 0 Å². The van der Waals surface area contributed by atoms with Crippen LogP contribution in [0.5, 0.6) is 0 Å². The quantitative estimate of drug-likeness (QED) is 0.784. The molecule has 4 rings (SSSR count). The van der Waals surface area contributed by atoms with E-state index in [1.165, 1.54) is 19.3 Å². The second kappa shape index (κ2) is 5.17. The van der Waals surface area contributed by atoms with Crippen LogP contribution < -0.4 is 11.1 Å². The molecule has 0 saturated heterocycles. The van der Waals surface area contributed by atoms with Gasteiger partial charge in [-0.05, 0) is 68.2 Å². The fraction of sp³-hybridized carbons (Fsp3) is 0.938. The zero-order chi connectivity index (χ0) is 13.7. The van der Waals surface area contributed by atoms with E-state index >= 15 is 0 Å². The van der Waals surface area contributed by atoms with Crippen LogP contribution in [-0.2, 0) is 4.79 Å². The van der Waals surface area contributed by atoms with Gasteiger partial charge in [-0.25, -0.2) is 0 Å². The Morgan fingerprint density at radius 1 is 1.15 bits per heavy atom. The molecule has 0 aromatic carbocycles. The Labute approximate surface area is 128 Å². The fourth-order valence-corrected chi connectivity index (χ4v) is 6.19. The number of hydrogen-bond donors (Lipinski definition) is 2. The molecule has 0 aliphatic heterocycles. The lowest BCUT2D eigenvalue weighted by Crippen LogP contribution is -2.59. The van der Waals surface area contributed by atoms with Gasteiger partial charge in [0.25, 0.3) is 0 Å². The molecule has 0 aromatic rings. The summed E-state index contributed by atoms with van der Waals surface area (Å²) in [4.78, 5) is 12.7. The molecule has 2 atom stereocenters. The van der Waals surface area contributed by atoms with Crippen LogP contribution in [0.25, 0.3) is 0 Å². The number of nitrogens with two attached hydrogens (primary N) is 1. The first-order valence-corrected chi connectivity index (χ1v) is 7.87. The van der Waals surface area contributed by atoms with E-state index in [0.29, 0.717) is 23.3 Å². The summed E-state index contributed by atoms with van der Waals surface area (Å²) in [6.07, 6.45) is 8.27. The lowest BCUT2D eigenvalue weighted by molar-refractivity contribution is -0.170. The van der Waals surface area contributed by atoms with Crippen LogP contribution in [0, 0.1) is 22.2 Å². The minimum Gasteiger partial charge on any atom is -0.356 e. The summed E-state index contributed by atoms with van der Waals surface area (Å²) in [7, 11) is 0. The lowest BCUT2D eigenvalue weighted by Gasteiger charge is -2.64. The molecule has 4 aliphatic carbocycles. The zero-order valence-electron chi connectivity index (χ0n) is 12.8. The molecule has 2 unspecified atom stereocenters. The van der Waals surface area contributed by atoms with Crippen LogP contribution in [0.3, 0.4) is 0 Å². The molecule has 0 spiro atoms. The van der Waals surface area contributed by atoms with Gasteiger partial charge in [0.1, 0.15) is 0 Å². The molecule has 3 nitrogen and oxygen atoms in total. The van der Waals surface area contributed by atoms with Crippen LogP contribution in [0.1, 0.15) is 58.8 Å². The minimum absolute atomic E-state index is 0. The van der Waals surface area contributed by atoms with Gasteiger partial charge in [-0.2, -0.15) is 0 Å². The van der Waals surface area contributed by atoms with Gasteiger partial charge in [0.05, 0.1) is 5.41 Å². The summed E-state index contributed by atoms with van der Waals surface area (Å²) in [5.74, 6) is 1.11. The van der Waals surface area contributed by atoms with Crippen molar-refractivity contribution in [1.82, 2.24) is 5.32 Å². The summed E-state index contributed by atoms with van der Waals surface area (Å²) in [6.45, 7) is 6.23. The lowest BCUT2D eigenvalue weighted by atomic mass is 9.40. The number of halogens is 1. The first-order chi connectivity index (χ1) is 8.89. The zero-order valence-corrected chi connectivity index (χ0v) is 13.7. The van der Waals surface area contributed by atoms with Gasteiger partial charge < -0.3 is 11.1 Å². The van der Waals surface area contributed by atoms with Gasteiger partial charge in [0, 0.05) is 6.54 Å². The van der Waals surface area contributed by atoms with Crippen LogP contribution in [0.2, 0.25) is 0 Å². The molecule has 0 radical (unpaired) electrons. The summed E-state index contributed by atoms with van der Waals surface area (Å²) >= 11 is 0. The van der Waals surface area contributed by atoms with E-state index in [0.717, 1.165) is 38.1 Å². The molecule has 3 N–H and O–H groups in total. The third kappa shape index (κ3) is 2.59. The molecule has 20 heavy (non-hydrogen) atoms. The molecule has 4 heteroatoms. The van der Waals surface area contributed by atoms with E-state index in [-0.39, 0.29) is 17.8 Å². The van der Waals surface area contributed by atoms with E-state index in [1.54, 1.807) is 0 Å². The van der Waals surface area contributed by atoms with Crippen molar-refractivity contribution in [3.8, 4) is 0 Å². The summed E-state index contributed by atoms with van der Waals surface area (Å²) in [6, 6.07) is 0. The largest absolute Gasteiger partial charge is 0.356 e. The third-order valence-corrected chi connectivity index (χ3v) is 5.77. The van der Waals surface area contributed by atoms with Crippen molar-refractivity contribution >= 4 is 18.3 Å². The highest BCUT2D eigenvalue weighted by Gasteiger charge is 2.62. The van der Waals surface area contributed by atoms with E-state index in [1.807, 2.05) is 0 Å². The van der Waals surface area contributed by atoms with Crippen LogP contribution in [0.4, 0.5) is 0 Å². The number of nitrogens with one attached hydrogen (secondary N) is 1. The summed E-state index contributed by atoms with van der Waals surface area (Å²) in [5.41, 5.74) is 6.29. The van der Waals surface area contributed by atoms with E-state index in [2.05, 4.69) is 19.2 Å². The van der Waals surface area contributed by atoms with Crippen LogP contribution >= 0.6 is 12.4 Å². The van der Waals surface area contributed by atoms with Gasteiger partial charge >= 0.3 is 0 Å². The maximum Gasteiger partial charge on any atom is 0.226 e. The molecule has 4 aliphatic rings. The van der Waals surface area contributed by atoms with E-state index in [9.17, 15) is 4.79 Å². The van der Waals surface area contributed by atoms with Crippen LogP contribution in [-0.4, -0.2) is 19.0 Å². The highest BCUT2D eigenvalue weighted by Crippen LogP contribution is 2.69. The normalized spacial score (nSPS) is 45.0. The second-order valence-corrected chi connectivity index (χ2v) is 8.31. The first-order valence-electron chi connectivity index (χ1n) is 7.87. The molecule has 4 bridgehead atoms. The Kier molecular flexibility index (Phi) is 4.16. The average Bonchev–Trinajstić information content (AvgIpc) is 2.24. The maximum absolute atomic E-state index is 12.7. The third-order valence-electron chi connectivity index (χ3n) is 5.77. The SMILES string of the molecule is CC12CC3CC(C)(C1)CC(C(=O)NCCCN)(C3)C2.Cl. The van der Waals surface area contributed by atoms with Gasteiger partial charge in [0.15, 0.2) is 0 Å². The van der Waals surface area contributed by atoms with Crippen molar-refractivity contribution in [3.05, 3.63) is 0 Å². The molecule has 116 valence electrons. The first kappa shape index (κ1) is 16.1. The number of amides is 1. The fourth-order valence-electron chi connectivity index (χ4n) is 6.19. The number of carbonyl (C=O) groups is 1. The molecular weight excluding hydrogens is 272 g/mol. The van der Waals surface area contributed by atoms with Crippen molar-refractivity contribution in [1.29, 1.82) is 0 Å². The monoisotopic (exact) mass is 300 g/mol. The maximum atomic E-state index is 12.7. The molecule has 4 fully saturated rings. The number of rotatable bonds is 4. The number of carbonyl (C=O) groups excluding carboxylic acids is 1. The van der Waals surface area contributed by atoms with Gasteiger partial charge in [-0.15, -0.1) is 12.4 Å². The smallest absolute Gasteiger partial charge is 0.226 e. The van der Waals surface area contributed by atoms with Crippen molar-refractivity contribution in [2.24, 2.45) is 27.9 Å². The Bertz CT molecular complexity index is 380. The Hall–Kier alpha value is -0.280.